The smallest absolute Gasteiger partial charge is 0.123 e. The summed E-state index contributed by atoms with van der Waals surface area (Å²) in [5, 5.41) is 0. The molecular formula is C16H23FO. The molecule has 2 heteroatoms. The average Bonchev–Trinajstić information content (AvgIpc) is 2.41. The molecule has 0 aromatic heterocycles. The van der Waals surface area contributed by atoms with Crippen molar-refractivity contribution in [1.29, 1.82) is 0 Å². The lowest BCUT2D eigenvalue weighted by atomic mass is 9.91. The van der Waals surface area contributed by atoms with Crippen LogP contribution in [0.5, 0.6) is 0 Å². The molecule has 0 spiro atoms. The van der Waals surface area contributed by atoms with E-state index in [1.54, 1.807) is 0 Å². The first kappa shape index (κ1) is 13.5. The van der Waals surface area contributed by atoms with Gasteiger partial charge in [-0.25, -0.2) is 4.39 Å². The molecule has 0 amide bonds. The third-order valence-corrected chi connectivity index (χ3v) is 3.83. The summed E-state index contributed by atoms with van der Waals surface area (Å²) in [7, 11) is 0. The van der Waals surface area contributed by atoms with Gasteiger partial charge in [0, 0.05) is 0 Å². The van der Waals surface area contributed by atoms with Crippen molar-refractivity contribution >= 4 is 0 Å². The Morgan fingerprint density at radius 3 is 2.56 bits per heavy atom. The van der Waals surface area contributed by atoms with Gasteiger partial charge in [0.05, 0.1) is 12.7 Å². The van der Waals surface area contributed by atoms with E-state index in [9.17, 15) is 4.39 Å². The Hall–Kier alpha value is -0.890. The van der Waals surface area contributed by atoms with Crippen LogP contribution in [0.3, 0.4) is 0 Å². The molecule has 0 aliphatic carbocycles. The van der Waals surface area contributed by atoms with Crippen molar-refractivity contribution in [2.24, 2.45) is 5.92 Å². The van der Waals surface area contributed by atoms with Crippen molar-refractivity contribution in [1.82, 2.24) is 0 Å². The number of rotatable bonds is 5. The monoisotopic (exact) mass is 250 g/mol. The van der Waals surface area contributed by atoms with E-state index in [-0.39, 0.29) is 11.9 Å². The van der Waals surface area contributed by atoms with Gasteiger partial charge in [0.2, 0.25) is 0 Å². The first-order valence-corrected chi connectivity index (χ1v) is 7.16. The molecule has 1 aliphatic rings. The highest BCUT2D eigenvalue weighted by Crippen LogP contribution is 2.32. The lowest BCUT2D eigenvalue weighted by Gasteiger charge is -2.29. The Balaban J connectivity index is 1.77. The van der Waals surface area contributed by atoms with Crippen LogP contribution in [0, 0.1) is 11.7 Å². The highest BCUT2D eigenvalue weighted by molar-refractivity contribution is 5.19. The highest BCUT2D eigenvalue weighted by atomic mass is 19.1. The minimum Gasteiger partial charge on any atom is -0.373 e. The first-order chi connectivity index (χ1) is 8.79. The Bertz CT molecular complexity index is 339. The molecular weight excluding hydrogens is 227 g/mol. The number of hydrogen-bond donors (Lipinski definition) is 0. The van der Waals surface area contributed by atoms with Crippen LogP contribution in [0.2, 0.25) is 0 Å². The van der Waals surface area contributed by atoms with Crippen LogP contribution in [0.25, 0.3) is 0 Å². The van der Waals surface area contributed by atoms with Crippen LogP contribution in [0.4, 0.5) is 4.39 Å². The van der Waals surface area contributed by atoms with Crippen molar-refractivity contribution in [3.8, 4) is 0 Å². The minimum atomic E-state index is -0.174. The summed E-state index contributed by atoms with van der Waals surface area (Å²) < 4.78 is 18.8. The van der Waals surface area contributed by atoms with Crippen LogP contribution in [-0.2, 0) is 4.74 Å². The normalized spacial score (nSPS) is 24.1. The fourth-order valence-electron chi connectivity index (χ4n) is 2.66. The lowest BCUT2D eigenvalue weighted by Crippen LogP contribution is -2.20. The van der Waals surface area contributed by atoms with Gasteiger partial charge < -0.3 is 4.74 Å². The third kappa shape index (κ3) is 3.81. The molecule has 0 bridgehead atoms. The predicted octanol–water partition coefficient (Wildman–Crippen LogP) is 4.87. The number of unbranched alkanes of at least 4 members (excludes halogenated alkanes) is 2. The van der Waals surface area contributed by atoms with Gasteiger partial charge in [-0.3, -0.25) is 0 Å². The molecule has 1 fully saturated rings. The van der Waals surface area contributed by atoms with Gasteiger partial charge in [0.15, 0.2) is 0 Å². The Morgan fingerprint density at radius 1 is 1.17 bits per heavy atom. The Kier molecular flexibility index (Phi) is 5.18. The zero-order valence-electron chi connectivity index (χ0n) is 11.2. The maximum absolute atomic E-state index is 12.8. The Morgan fingerprint density at radius 2 is 1.94 bits per heavy atom. The Labute approximate surface area is 109 Å². The van der Waals surface area contributed by atoms with E-state index in [0.717, 1.165) is 24.5 Å². The van der Waals surface area contributed by atoms with E-state index in [1.807, 2.05) is 12.1 Å². The summed E-state index contributed by atoms with van der Waals surface area (Å²) in [5.74, 6) is 0.556. The summed E-state index contributed by atoms with van der Waals surface area (Å²) in [5.41, 5.74) is 1.11. The summed E-state index contributed by atoms with van der Waals surface area (Å²) >= 11 is 0. The lowest BCUT2D eigenvalue weighted by molar-refractivity contribution is -0.0199. The molecule has 1 aliphatic heterocycles. The fourth-order valence-corrected chi connectivity index (χ4v) is 2.66. The molecule has 2 rings (SSSR count). The van der Waals surface area contributed by atoms with E-state index >= 15 is 0 Å². The molecule has 1 aromatic carbocycles. The average molecular weight is 250 g/mol. The molecule has 18 heavy (non-hydrogen) atoms. The number of benzene rings is 1. The summed E-state index contributed by atoms with van der Waals surface area (Å²) in [6.07, 6.45) is 7.72. The van der Waals surface area contributed by atoms with Gasteiger partial charge in [0.1, 0.15) is 5.82 Å². The molecule has 2 unspecified atom stereocenters. The standard InChI is InChI=1S/C16H23FO/c1-2-3-4-5-13-6-11-16(18-12-13)14-7-9-15(17)10-8-14/h7-10,13,16H,2-6,11-12H2,1H3. The fraction of sp³-hybridized carbons (Fsp3) is 0.625. The van der Waals surface area contributed by atoms with Crippen LogP contribution in [0.1, 0.15) is 57.1 Å². The number of hydrogen-bond acceptors (Lipinski definition) is 1. The van der Waals surface area contributed by atoms with Crippen LogP contribution < -0.4 is 0 Å². The molecule has 100 valence electrons. The molecule has 1 saturated heterocycles. The number of halogens is 1. The van der Waals surface area contributed by atoms with Crippen molar-refractivity contribution in [3.05, 3.63) is 35.6 Å². The zero-order chi connectivity index (χ0) is 12.8. The van der Waals surface area contributed by atoms with E-state index in [2.05, 4.69) is 6.92 Å². The largest absolute Gasteiger partial charge is 0.373 e. The topological polar surface area (TPSA) is 9.23 Å². The second kappa shape index (κ2) is 6.89. The van der Waals surface area contributed by atoms with Gasteiger partial charge in [-0.1, -0.05) is 38.3 Å². The van der Waals surface area contributed by atoms with Crippen molar-refractivity contribution < 1.29 is 9.13 Å². The highest BCUT2D eigenvalue weighted by Gasteiger charge is 2.22. The van der Waals surface area contributed by atoms with E-state index in [4.69, 9.17) is 4.74 Å². The van der Waals surface area contributed by atoms with Gasteiger partial charge >= 0.3 is 0 Å². The third-order valence-electron chi connectivity index (χ3n) is 3.83. The van der Waals surface area contributed by atoms with Gasteiger partial charge in [-0.2, -0.15) is 0 Å². The van der Waals surface area contributed by atoms with E-state index in [0.29, 0.717) is 0 Å². The van der Waals surface area contributed by atoms with Gasteiger partial charge in [-0.05, 0) is 42.9 Å². The molecule has 1 aromatic rings. The molecule has 1 nitrogen and oxygen atoms in total. The second-order valence-corrected chi connectivity index (χ2v) is 5.31. The second-order valence-electron chi connectivity index (χ2n) is 5.31. The van der Waals surface area contributed by atoms with Gasteiger partial charge in [-0.15, -0.1) is 0 Å². The van der Waals surface area contributed by atoms with Crippen molar-refractivity contribution in [2.75, 3.05) is 6.61 Å². The molecule has 1 heterocycles. The quantitative estimate of drug-likeness (QED) is 0.677. The molecule has 0 saturated carbocycles. The summed E-state index contributed by atoms with van der Waals surface area (Å²) in [6.45, 7) is 3.10. The maximum atomic E-state index is 12.8. The molecule has 2 atom stereocenters. The van der Waals surface area contributed by atoms with Crippen LogP contribution in [0.15, 0.2) is 24.3 Å². The van der Waals surface area contributed by atoms with E-state index < -0.39 is 0 Å². The predicted molar refractivity (Wildman–Crippen MR) is 72.0 cm³/mol. The maximum Gasteiger partial charge on any atom is 0.123 e. The zero-order valence-corrected chi connectivity index (χ0v) is 11.2. The summed E-state index contributed by atoms with van der Waals surface area (Å²) in [6, 6.07) is 6.73. The van der Waals surface area contributed by atoms with Gasteiger partial charge in [0.25, 0.3) is 0 Å². The van der Waals surface area contributed by atoms with E-state index in [1.165, 1.54) is 44.2 Å². The van der Waals surface area contributed by atoms with Crippen LogP contribution >= 0.6 is 0 Å². The first-order valence-electron chi connectivity index (χ1n) is 7.16. The SMILES string of the molecule is CCCCCC1CCC(c2ccc(F)cc2)OC1. The van der Waals surface area contributed by atoms with Crippen molar-refractivity contribution in [3.63, 3.8) is 0 Å². The van der Waals surface area contributed by atoms with Crippen LogP contribution in [-0.4, -0.2) is 6.61 Å². The number of ether oxygens (including phenoxy) is 1. The minimum absolute atomic E-state index is 0.174. The summed E-state index contributed by atoms with van der Waals surface area (Å²) in [4.78, 5) is 0. The molecule has 0 radical (unpaired) electrons. The van der Waals surface area contributed by atoms with Crippen molar-refractivity contribution in [2.45, 2.75) is 51.6 Å². The molecule has 0 N–H and O–H groups in total.